The van der Waals surface area contributed by atoms with Crippen molar-refractivity contribution in [2.24, 2.45) is 5.92 Å². The molecule has 2 aromatic rings. The van der Waals surface area contributed by atoms with E-state index in [2.05, 4.69) is 11.8 Å². The van der Waals surface area contributed by atoms with E-state index in [9.17, 15) is 9.18 Å². The molecule has 2 aliphatic rings. The second kappa shape index (κ2) is 6.92. The molecule has 2 fully saturated rings. The van der Waals surface area contributed by atoms with Gasteiger partial charge in [0.25, 0.3) is 0 Å². The molecule has 1 heterocycles. The first-order chi connectivity index (χ1) is 12.5. The normalized spacial score (nSPS) is 22.4. The third-order valence-electron chi connectivity index (χ3n) is 5.51. The van der Waals surface area contributed by atoms with Gasteiger partial charge in [-0.25, -0.2) is 4.39 Å². The van der Waals surface area contributed by atoms with Crippen LogP contribution in [-0.4, -0.2) is 37.0 Å². The van der Waals surface area contributed by atoms with Crippen LogP contribution in [0.5, 0.6) is 0 Å². The number of amides is 1. The van der Waals surface area contributed by atoms with Crippen molar-refractivity contribution < 1.29 is 9.18 Å². The quantitative estimate of drug-likeness (QED) is 0.804. The highest BCUT2D eigenvalue weighted by molar-refractivity contribution is 6.30. The lowest BCUT2D eigenvalue weighted by atomic mass is 10.1. The van der Waals surface area contributed by atoms with Crippen LogP contribution >= 0.6 is 11.6 Å². The van der Waals surface area contributed by atoms with Gasteiger partial charge in [0.1, 0.15) is 5.82 Å². The van der Waals surface area contributed by atoms with Gasteiger partial charge in [0.2, 0.25) is 5.91 Å². The van der Waals surface area contributed by atoms with Gasteiger partial charge in [-0.1, -0.05) is 29.8 Å². The number of carbonyl (C=O) groups excluding carboxylic acids is 1. The Bertz CT molecular complexity index is 815. The minimum Gasteiger partial charge on any atom is -0.368 e. The first-order valence-corrected chi connectivity index (χ1v) is 9.46. The Morgan fingerprint density at radius 1 is 1.08 bits per heavy atom. The lowest BCUT2D eigenvalue weighted by Gasteiger charge is -2.37. The van der Waals surface area contributed by atoms with E-state index in [0.717, 1.165) is 48.9 Å². The standard InChI is InChI=1S/C21H22ClFN2O/c1-14-2-5-16(22)12-20(14)24-8-10-25(11-9-24)21(26)19-13-18(19)15-3-6-17(23)7-4-15/h2-7,12,18-19H,8-11,13H2,1H3. The van der Waals surface area contributed by atoms with Gasteiger partial charge >= 0.3 is 0 Å². The first-order valence-electron chi connectivity index (χ1n) is 9.08. The number of anilines is 1. The molecule has 0 bridgehead atoms. The summed E-state index contributed by atoms with van der Waals surface area (Å²) in [5.41, 5.74) is 3.42. The van der Waals surface area contributed by atoms with Crippen molar-refractivity contribution in [1.29, 1.82) is 0 Å². The predicted octanol–water partition coefficient (Wildman–Crippen LogP) is 4.24. The number of carbonyl (C=O) groups is 1. The van der Waals surface area contributed by atoms with Crippen LogP contribution < -0.4 is 4.90 Å². The molecule has 3 nitrogen and oxygen atoms in total. The highest BCUT2D eigenvalue weighted by Gasteiger charge is 2.46. The minimum atomic E-state index is -0.232. The van der Waals surface area contributed by atoms with Crippen molar-refractivity contribution in [2.75, 3.05) is 31.1 Å². The second-order valence-electron chi connectivity index (χ2n) is 7.24. The molecule has 2 unspecified atom stereocenters. The summed E-state index contributed by atoms with van der Waals surface area (Å²) in [6.45, 7) is 5.19. The molecule has 1 saturated carbocycles. The smallest absolute Gasteiger partial charge is 0.226 e. The van der Waals surface area contributed by atoms with E-state index in [1.807, 2.05) is 23.1 Å². The summed E-state index contributed by atoms with van der Waals surface area (Å²) in [5, 5.41) is 0.740. The van der Waals surface area contributed by atoms with Gasteiger partial charge in [0.15, 0.2) is 0 Å². The molecule has 4 rings (SSSR count). The van der Waals surface area contributed by atoms with Crippen LogP contribution in [0.15, 0.2) is 42.5 Å². The maximum atomic E-state index is 13.1. The Hall–Kier alpha value is -2.07. The summed E-state index contributed by atoms with van der Waals surface area (Å²) in [7, 11) is 0. The van der Waals surface area contributed by atoms with Gasteiger partial charge in [-0.2, -0.15) is 0 Å². The van der Waals surface area contributed by atoms with Gasteiger partial charge < -0.3 is 9.80 Å². The summed E-state index contributed by atoms with van der Waals surface area (Å²) in [5.74, 6) is 0.308. The Morgan fingerprint density at radius 2 is 1.77 bits per heavy atom. The van der Waals surface area contributed by atoms with Crippen molar-refractivity contribution in [2.45, 2.75) is 19.3 Å². The van der Waals surface area contributed by atoms with Crippen LogP contribution in [0, 0.1) is 18.7 Å². The molecular weight excluding hydrogens is 351 g/mol. The first kappa shape index (κ1) is 17.3. The third kappa shape index (κ3) is 3.43. The molecule has 2 atom stereocenters. The van der Waals surface area contributed by atoms with Crippen molar-refractivity contribution in [3.05, 3.63) is 64.4 Å². The number of rotatable bonds is 3. The summed E-state index contributed by atoms with van der Waals surface area (Å²) >= 11 is 6.13. The molecule has 26 heavy (non-hydrogen) atoms. The third-order valence-corrected chi connectivity index (χ3v) is 5.74. The molecule has 0 spiro atoms. The van der Waals surface area contributed by atoms with Crippen molar-refractivity contribution in [3.8, 4) is 0 Å². The average molecular weight is 373 g/mol. The maximum Gasteiger partial charge on any atom is 0.226 e. The number of piperazine rings is 1. The Morgan fingerprint density at radius 3 is 2.46 bits per heavy atom. The van der Waals surface area contributed by atoms with Crippen LogP contribution in [-0.2, 0) is 4.79 Å². The fourth-order valence-electron chi connectivity index (χ4n) is 3.87. The van der Waals surface area contributed by atoms with Gasteiger partial charge in [-0.15, -0.1) is 0 Å². The summed E-state index contributed by atoms with van der Waals surface area (Å²) < 4.78 is 13.1. The van der Waals surface area contributed by atoms with Crippen LogP contribution in [0.25, 0.3) is 0 Å². The van der Waals surface area contributed by atoms with Gasteiger partial charge in [-0.05, 0) is 54.7 Å². The number of aryl methyl sites for hydroxylation is 1. The van der Waals surface area contributed by atoms with E-state index >= 15 is 0 Å². The van der Waals surface area contributed by atoms with Crippen molar-refractivity contribution in [1.82, 2.24) is 4.90 Å². The zero-order chi connectivity index (χ0) is 18.3. The molecule has 1 aliphatic carbocycles. The highest BCUT2D eigenvalue weighted by atomic mass is 35.5. The van der Waals surface area contributed by atoms with E-state index in [-0.39, 0.29) is 23.6 Å². The number of hydrogen-bond acceptors (Lipinski definition) is 2. The van der Waals surface area contributed by atoms with Crippen LogP contribution in [0.3, 0.4) is 0 Å². The van der Waals surface area contributed by atoms with E-state index < -0.39 is 0 Å². The number of benzene rings is 2. The molecule has 0 aromatic heterocycles. The van der Waals surface area contributed by atoms with Crippen LogP contribution in [0.1, 0.15) is 23.5 Å². The highest BCUT2D eigenvalue weighted by Crippen LogP contribution is 2.48. The topological polar surface area (TPSA) is 23.6 Å². The van der Waals surface area contributed by atoms with E-state index in [0.29, 0.717) is 0 Å². The Kier molecular flexibility index (Phi) is 4.62. The summed E-state index contributed by atoms with van der Waals surface area (Å²) in [6, 6.07) is 12.5. The molecule has 1 aliphatic heterocycles. The molecular formula is C21H22ClFN2O. The SMILES string of the molecule is Cc1ccc(Cl)cc1N1CCN(C(=O)C2CC2c2ccc(F)cc2)CC1. The molecule has 2 aromatic carbocycles. The lowest BCUT2D eigenvalue weighted by Crippen LogP contribution is -2.49. The Labute approximate surface area is 158 Å². The van der Waals surface area contributed by atoms with Gasteiger partial charge in [0, 0.05) is 42.8 Å². The number of nitrogens with zero attached hydrogens (tertiary/aromatic N) is 2. The fourth-order valence-corrected chi connectivity index (χ4v) is 4.04. The van der Waals surface area contributed by atoms with E-state index in [1.165, 1.54) is 17.7 Å². The van der Waals surface area contributed by atoms with E-state index in [4.69, 9.17) is 11.6 Å². The summed E-state index contributed by atoms with van der Waals surface area (Å²) in [4.78, 5) is 17.1. The number of halogens is 2. The average Bonchev–Trinajstić information content (AvgIpc) is 3.45. The largest absolute Gasteiger partial charge is 0.368 e. The van der Waals surface area contributed by atoms with E-state index in [1.54, 1.807) is 12.1 Å². The number of hydrogen-bond donors (Lipinski definition) is 0. The Balaban J connectivity index is 1.36. The minimum absolute atomic E-state index is 0.0555. The lowest BCUT2D eigenvalue weighted by molar-refractivity contribution is -0.132. The molecule has 136 valence electrons. The molecule has 0 N–H and O–H groups in total. The summed E-state index contributed by atoms with van der Waals surface area (Å²) in [6.07, 6.45) is 0.873. The monoisotopic (exact) mass is 372 g/mol. The van der Waals surface area contributed by atoms with Gasteiger partial charge in [-0.3, -0.25) is 4.79 Å². The predicted molar refractivity (Wildman–Crippen MR) is 102 cm³/mol. The molecule has 1 saturated heterocycles. The van der Waals surface area contributed by atoms with Crippen molar-refractivity contribution in [3.63, 3.8) is 0 Å². The fraction of sp³-hybridized carbons (Fsp3) is 0.381. The van der Waals surface area contributed by atoms with Gasteiger partial charge in [0.05, 0.1) is 0 Å². The zero-order valence-corrected chi connectivity index (χ0v) is 15.5. The molecule has 1 amide bonds. The molecule has 5 heteroatoms. The zero-order valence-electron chi connectivity index (χ0n) is 14.8. The maximum absolute atomic E-state index is 13.1. The second-order valence-corrected chi connectivity index (χ2v) is 7.68. The van der Waals surface area contributed by atoms with Crippen LogP contribution in [0.2, 0.25) is 5.02 Å². The van der Waals surface area contributed by atoms with Crippen LogP contribution in [0.4, 0.5) is 10.1 Å². The molecule has 0 radical (unpaired) electrons. The van der Waals surface area contributed by atoms with Crippen molar-refractivity contribution >= 4 is 23.2 Å².